The molecule has 1 aromatic carbocycles. The maximum absolute atomic E-state index is 13.2. The number of ether oxygens (including phenoxy) is 1. The van der Waals surface area contributed by atoms with Gasteiger partial charge in [-0.1, -0.05) is 11.6 Å². The minimum atomic E-state index is -3.57. The third-order valence-corrected chi connectivity index (χ3v) is 7.54. The van der Waals surface area contributed by atoms with Gasteiger partial charge >= 0.3 is 0 Å². The van der Waals surface area contributed by atoms with Crippen LogP contribution in [0.1, 0.15) is 31.7 Å². The van der Waals surface area contributed by atoms with Gasteiger partial charge < -0.3 is 4.74 Å². The van der Waals surface area contributed by atoms with Gasteiger partial charge in [-0.25, -0.2) is 8.42 Å². The molecule has 0 saturated carbocycles. The average molecular weight is 382 g/mol. The van der Waals surface area contributed by atoms with Crippen LogP contribution in [0.2, 0.25) is 5.02 Å². The Morgan fingerprint density at radius 1 is 1.20 bits per heavy atom. The van der Waals surface area contributed by atoms with Gasteiger partial charge in [0.25, 0.3) is 0 Å². The van der Waals surface area contributed by atoms with Crippen molar-refractivity contribution in [3.8, 4) is 5.75 Å². The van der Waals surface area contributed by atoms with Gasteiger partial charge in [0.15, 0.2) is 0 Å². The van der Waals surface area contributed by atoms with E-state index >= 15 is 0 Å². The molecule has 8 heteroatoms. The summed E-state index contributed by atoms with van der Waals surface area (Å²) in [5.41, 5.74) is 0. The molecule has 2 fully saturated rings. The molecule has 2 saturated heterocycles. The van der Waals surface area contributed by atoms with Crippen LogP contribution in [0.5, 0.6) is 5.75 Å². The maximum atomic E-state index is 13.2. The smallest absolute Gasteiger partial charge is 0.243 e. The zero-order valence-electron chi connectivity index (χ0n) is 13.9. The molecule has 0 N–H and O–H groups in total. The predicted octanol–water partition coefficient (Wildman–Crippen LogP) is 3.10. The van der Waals surface area contributed by atoms with Crippen molar-refractivity contribution in [1.82, 2.24) is 14.1 Å². The fourth-order valence-corrected chi connectivity index (χ4v) is 6.38. The van der Waals surface area contributed by atoms with E-state index in [1.54, 1.807) is 22.6 Å². The molecule has 0 amide bonds. The van der Waals surface area contributed by atoms with Crippen molar-refractivity contribution in [3.63, 3.8) is 0 Å². The van der Waals surface area contributed by atoms with Gasteiger partial charge in [-0.05, 0) is 49.9 Å². The third kappa shape index (κ3) is 2.84. The van der Waals surface area contributed by atoms with Crippen LogP contribution in [0.4, 0.5) is 0 Å². The summed E-state index contributed by atoms with van der Waals surface area (Å²) in [7, 11) is -2.06. The van der Waals surface area contributed by atoms with E-state index in [1.165, 1.54) is 13.2 Å². The van der Waals surface area contributed by atoms with E-state index in [2.05, 4.69) is 5.10 Å². The van der Waals surface area contributed by atoms with E-state index in [9.17, 15) is 8.42 Å². The quantitative estimate of drug-likeness (QED) is 0.816. The first-order valence-electron chi connectivity index (χ1n) is 8.37. The summed E-state index contributed by atoms with van der Waals surface area (Å²) in [6, 6.07) is 6.85. The highest BCUT2D eigenvalue weighted by molar-refractivity contribution is 7.89. The number of hydrogen-bond acceptors (Lipinski definition) is 4. The summed E-state index contributed by atoms with van der Waals surface area (Å²) in [6.45, 7) is 0. The number of aromatic nitrogens is 2. The third-order valence-electron chi connectivity index (χ3n) is 5.24. The van der Waals surface area contributed by atoms with Crippen LogP contribution in [0.15, 0.2) is 41.6 Å². The van der Waals surface area contributed by atoms with Crippen molar-refractivity contribution in [2.75, 3.05) is 7.11 Å². The summed E-state index contributed by atoms with van der Waals surface area (Å²) in [6.07, 6.45) is 7.10. The molecule has 0 spiro atoms. The van der Waals surface area contributed by atoms with Gasteiger partial charge in [0.1, 0.15) is 5.75 Å². The minimum absolute atomic E-state index is 0.0128. The second-order valence-electron chi connectivity index (χ2n) is 6.63. The molecule has 0 aliphatic carbocycles. The van der Waals surface area contributed by atoms with Crippen LogP contribution in [0, 0.1) is 0 Å². The number of benzene rings is 1. The normalized spacial score (nSPS) is 26.7. The first-order valence-corrected chi connectivity index (χ1v) is 10.2. The van der Waals surface area contributed by atoms with Gasteiger partial charge in [-0.2, -0.15) is 9.40 Å². The van der Waals surface area contributed by atoms with E-state index in [4.69, 9.17) is 16.3 Å². The van der Waals surface area contributed by atoms with Crippen LogP contribution in [-0.4, -0.2) is 41.7 Å². The van der Waals surface area contributed by atoms with E-state index in [0.29, 0.717) is 10.8 Å². The molecule has 6 nitrogen and oxygen atoms in total. The lowest BCUT2D eigenvalue weighted by Gasteiger charge is -2.38. The molecule has 2 aliphatic rings. The lowest BCUT2D eigenvalue weighted by Crippen LogP contribution is -2.46. The highest BCUT2D eigenvalue weighted by atomic mass is 35.5. The Labute approximate surface area is 152 Å². The highest BCUT2D eigenvalue weighted by Gasteiger charge is 2.47. The van der Waals surface area contributed by atoms with Crippen molar-refractivity contribution < 1.29 is 13.2 Å². The average Bonchev–Trinajstić information content (AvgIpc) is 3.22. The molecule has 2 atom stereocenters. The molecule has 1 aromatic heterocycles. The maximum Gasteiger partial charge on any atom is 0.243 e. The van der Waals surface area contributed by atoms with E-state index < -0.39 is 10.0 Å². The van der Waals surface area contributed by atoms with Crippen molar-refractivity contribution >= 4 is 21.6 Å². The summed E-state index contributed by atoms with van der Waals surface area (Å²) in [4.78, 5) is 0.229. The molecular formula is C17H20ClN3O3S. The topological polar surface area (TPSA) is 64.4 Å². The Balaban J connectivity index is 1.63. The number of nitrogens with zero attached hydrogens (tertiary/aromatic N) is 3. The molecule has 4 rings (SSSR count). The van der Waals surface area contributed by atoms with Crippen LogP contribution >= 0.6 is 11.6 Å². The molecule has 2 aliphatic heterocycles. The summed E-state index contributed by atoms with van der Waals surface area (Å²) >= 11 is 6.13. The number of hydrogen-bond donors (Lipinski definition) is 0. The van der Waals surface area contributed by atoms with Gasteiger partial charge in [0, 0.05) is 24.5 Å². The second kappa shape index (κ2) is 6.30. The Kier molecular flexibility index (Phi) is 4.25. The standard InChI is InChI=1S/C17H20ClN3O3S/c1-24-17-6-5-15(11-16(17)18)25(22,23)21-12-3-4-13(21)10-14(9-12)20-8-2-7-19-20/h2,5-8,11-14H,3-4,9-10H2,1H3. The zero-order valence-corrected chi connectivity index (χ0v) is 15.4. The monoisotopic (exact) mass is 381 g/mol. The summed E-state index contributed by atoms with van der Waals surface area (Å²) < 4.78 is 35.2. The molecule has 0 radical (unpaired) electrons. The number of fused-ring (bicyclic) bond motifs is 2. The largest absolute Gasteiger partial charge is 0.495 e. The minimum Gasteiger partial charge on any atom is -0.495 e. The first kappa shape index (κ1) is 16.9. The number of halogens is 1. The van der Waals surface area contributed by atoms with Gasteiger partial charge in [-0.15, -0.1) is 0 Å². The zero-order chi connectivity index (χ0) is 17.6. The molecular weight excluding hydrogens is 362 g/mol. The van der Waals surface area contributed by atoms with Crippen LogP contribution < -0.4 is 4.74 Å². The summed E-state index contributed by atoms with van der Waals surface area (Å²) in [5, 5.41) is 4.64. The second-order valence-corrected chi connectivity index (χ2v) is 8.88. The van der Waals surface area contributed by atoms with Crippen LogP contribution in [0.3, 0.4) is 0 Å². The fraction of sp³-hybridized carbons (Fsp3) is 0.471. The Hall–Kier alpha value is -1.57. The van der Waals surface area contributed by atoms with Gasteiger partial charge in [-0.3, -0.25) is 4.68 Å². The SMILES string of the molecule is COc1ccc(S(=O)(=O)N2C3CCC2CC(n2cccn2)C3)cc1Cl. The highest BCUT2D eigenvalue weighted by Crippen LogP contribution is 2.44. The lowest BCUT2D eigenvalue weighted by atomic mass is 10.00. The molecule has 2 unspecified atom stereocenters. The number of methoxy groups -OCH3 is 1. The fourth-order valence-electron chi connectivity index (χ4n) is 4.14. The van der Waals surface area contributed by atoms with Crippen molar-refractivity contribution in [2.45, 2.75) is 48.7 Å². The number of sulfonamides is 1. The van der Waals surface area contributed by atoms with Crippen LogP contribution in [-0.2, 0) is 10.0 Å². The molecule has 2 bridgehead atoms. The van der Waals surface area contributed by atoms with Gasteiger partial charge in [0.2, 0.25) is 10.0 Å². The van der Waals surface area contributed by atoms with Crippen molar-refractivity contribution in [1.29, 1.82) is 0 Å². The number of rotatable bonds is 4. The molecule has 25 heavy (non-hydrogen) atoms. The number of piperidine rings is 1. The molecule has 134 valence electrons. The molecule has 3 heterocycles. The Morgan fingerprint density at radius 3 is 2.48 bits per heavy atom. The Bertz CT molecular complexity index is 855. The van der Waals surface area contributed by atoms with E-state index in [0.717, 1.165) is 25.7 Å². The Morgan fingerprint density at radius 2 is 1.92 bits per heavy atom. The van der Waals surface area contributed by atoms with Crippen molar-refractivity contribution in [3.05, 3.63) is 41.7 Å². The van der Waals surface area contributed by atoms with Crippen LogP contribution in [0.25, 0.3) is 0 Å². The van der Waals surface area contributed by atoms with E-state index in [1.807, 2.05) is 16.9 Å². The van der Waals surface area contributed by atoms with Gasteiger partial charge in [0.05, 0.1) is 23.1 Å². The van der Waals surface area contributed by atoms with Crippen molar-refractivity contribution in [2.24, 2.45) is 0 Å². The predicted molar refractivity (Wildman–Crippen MR) is 94.3 cm³/mol. The van der Waals surface area contributed by atoms with E-state index in [-0.39, 0.29) is 23.0 Å². The summed E-state index contributed by atoms with van der Waals surface area (Å²) in [5.74, 6) is 0.473. The lowest BCUT2D eigenvalue weighted by molar-refractivity contribution is 0.185. The molecule has 2 aromatic rings. The first-order chi connectivity index (χ1) is 12.0.